The molecule has 0 spiro atoms. The first-order valence-electron chi connectivity index (χ1n) is 5.04. The molecule has 70 valence electrons. The summed E-state index contributed by atoms with van der Waals surface area (Å²) in [7, 11) is 0. The van der Waals surface area contributed by atoms with E-state index < -0.39 is 0 Å². The molecule has 3 atom stereocenters. The summed E-state index contributed by atoms with van der Waals surface area (Å²) in [4.78, 5) is 4.41. The summed E-state index contributed by atoms with van der Waals surface area (Å²) in [6, 6.07) is 0. The summed E-state index contributed by atoms with van der Waals surface area (Å²) in [5, 5.41) is 2.89. The van der Waals surface area contributed by atoms with E-state index in [1.807, 2.05) is 0 Å². The van der Waals surface area contributed by atoms with Crippen LogP contribution >= 0.6 is 11.3 Å². The maximum absolute atomic E-state index is 5.65. The minimum atomic E-state index is 0.734. The normalized spacial score (nSPS) is 37.1. The predicted molar refractivity (Wildman–Crippen MR) is 54.7 cm³/mol. The van der Waals surface area contributed by atoms with Gasteiger partial charge in [-0.2, -0.15) is 0 Å². The highest BCUT2D eigenvalue weighted by Gasteiger charge is 2.40. The van der Waals surface area contributed by atoms with Gasteiger partial charge in [0.15, 0.2) is 5.13 Å². The van der Waals surface area contributed by atoms with Crippen molar-refractivity contribution >= 4 is 16.5 Å². The Bertz CT molecular complexity index is 320. The molecular weight excluding hydrogens is 180 g/mol. The number of thiazole rings is 1. The average Bonchev–Trinajstić information content (AvgIpc) is 2.77. The fourth-order valence-electron chi connectivity index (χ4n) is 3.08. The van der Waals surface area contributed by atoms with Crippen LogP contribution in [-0.2, 0) is 0 Å². The van der Waals surface area contributed by atoms with Crippen molar-refractivity contribution in [1.82, 2.24) is 4.98 Å². The van der Waals surface area contributed by atoms with Gasteiger partial charge in [0, 0.05) is 11.3 Å². The summed E-state index contributed by atoms with van der Waals surface area (Å²) in [6.45, 7) is 0. The lowest BCUT2D eigenvalue weighted by molar-refractivity contribution is 0.414. The van der Waals surface area contributed by atoms with E-state index in [1.165, 1.54) is 31.4 Å². The number of hydrogen-bond acceptors (Lipinski definition) is 3. The predicted octanol–water partition coefficient (Wildman–Crippen LogP) is 2.63. The monoisotopic (exact) mass is 194 g/mol. The molecule has 3 heteroatoms. The van der Waals surface area contributed by atoms with Crippen molar-refractivity contribution in [2.45, 2.75) is 31.6 Å². The van der Waals surface area contributed by atoms with Crippen molar-refractivity contribution in [3.63, 3.8) is 0 Å². The molecule has 0 amide bonds. The van der Waals surface area contributed by atoms with Crippen LogP contribution in [0.15, 0.2) is 5.38 Å². The van der Waals surface area contributed by atoms with Crippen molar-refractivity contribution in [2.24, 2.45) is 11.8 Å². The molecule has 2 nitrogen and oxygen atoms in total. The smallest absolute Gasteiger partial charge is 0.180 e. The Kier molecular flexibility index (Phi) is 1.62. The van der Waals surface area contributed by atoms with Gasteiger partial charge in [-0.15, -0.1) is 11.3 Å². The molecule has 0 aromatic carbocycles. The Morgan fingerprint density at radius 2 is 2.31 bits per heavy atom. The van der Waals surface area contributed by atoms with Crippen LogP contribution in [0.1, 0.15) is 37.3 Å². The zero-order valence-corrected chi connectivity index (χ0v) is 8.39. The second-order valence-corrected chi connectivity index (χ2v) is 5.28. The highest BCUT2D eigenvalue weighted by Crippen LogP contribution is 2.52. The minimum absolute atomic E-state index is 0.734. The SMILES string of the molecule is Nc1nc([C@@H]2C[C@@H]3CC[C@@H]2C3)cs1. The van der Waals surface area contributed by atoms with Crippen LogP contribution in [0.2, 0.25) is 0 Å². The second-order valence-electron chi connectivity index (χ2n) is 4.39. The van der Waals surface area contributed by atoms with Gasteiger partial charge in [-0.3, -0.25) is 0 Å². The first-order valence-corrected chi connectivity index (χ1v) is 5.92. The lowest BCUT2D eigenvalue weighted by Crippen LogP contribution is -2.08. The standard InChI is InChI=1S/C10H14N2S/c11-10-12-9(5-13-10)8-4-6-1-2-7(8)3-6/h5-8H,1-4H2,(H2,11,12)/t6-,7-,8-/m1/s1. The zero-order chi connectivity index (χ0) is 8.84. The summed E-state index contributed by atoms with van der Waals surface area (Å²) in [5.41, 5.74) is 6.92. The fourth-order valence-corrected chi connectivity index (χ4v) is 3.71. The maximum Gasteiger partial charge on any atom is 0.180 e. The molecule has 2 fully saturated rings. The topological polar surface area (TPSA) is 38.9 Å². The maximum atomic E-state index is 5.65. The minimum Gasteiger partial charge on any atom is -0.375 e. The summed E-state index contributed by atoms with van der Waals surface area (Å²) < 4.78 is 0. The Hall–Kier alpha value is -0.570. The van der Waals surface area contributed by atoms with Crippen LogP contribution in [0.25, 0.3) is 0 Å². The highest BCUT2D eigenvalue weighted by atomic mass is 32.1. The van der Waals surface area contributed by atoms with E-state index >= 15 is 0 Å². The first-order chi connectivity index (χ1) is 6.33. The summed E-state index contributed by atoms with van der Waals surface area (Å²) in [6.07, 6.45) is 5.70. The molecule has 1 heterocycles. The van der Waals surface area contributed by atoms with Crippen molar-refractivity contribution in [3.05, 3.63) is 11.1 Å². The van der Waals surface area contributed by atoms with E-state index in [1.54, 1.807) is 11.3 Å². The molecule has 0 unspecified atom stereocenters. The van der Waals surface area contributed by atoms with Gasteiger partial charge in [0.25, 0.3) is 0 Å². The number of nitrogens with two attached hydrogens (primary N) is 1. The number of anilines is 1. The van der Waals surface area contributed by atoms with E-state index in [0.717, 1.165) is 22.9 Å². The molecule has 0 saturated heterocycles. The van der Waals surface area contributed by atoms with Crippen molar-refractivity contribution in [3.8, 4) is 0 Å². The molecule has 13 heavy (non-hydrogen) atoms. The molecule has 2 bridgehead atoms. The van der Waals surface area contributed by atoms with Crippen LogP contribution in [0, 0.1) is 11.8 Å². The number of fused-ring (bicyclic) bond motifs is 2. The molecule has 2 aliphatic carbocycles. The van der Waals surface area contributed by atoms with Crippen LogP contribution in [0.5, 0.6) is 0 Å². The van der Waals surface area contributed by atoms with Crippen LogP contribution in [0.4, 0.5) is 5.13 Å². The van der Waals surface area contributed by atoms with Gasteiger partial charge in [-0.05, 0) is 31.1 Å². The molecule has 0 aliphatic heterocycles. The van der Waals surface area contributed by atoms with Gasteiger partial charge >= 0.3 is 0 Å². The molecule has 3 rings (SSSR count). The van der Waals surface area contributed by atoms with Gasteiger partial charge in [0.1, 0.15) is 0 Å². The van der Waals surface area contributed by atoms with Gasteiger partial charge in [-0.25, -0.2) is 4.98 Å². The molecule has 1 aromatic rings. The Balaban J connectivity index is 1.87. The van der Waals surface area contributed by atoms with Gasteiger partial charge in [0.2, 0.25) is 0 Å². The third-order valence-corrected chi connectivity index (χ3v) is 4.35. The quantitative estimate of drug-likeness (QED) is 0.746. The van der Waals surface area contributed by atoms with Crippen LogP contribution in [-0.4, -0.2) is 4.98 Å². The second kappa shape index (κ2) is 2.71. The third-order valence-electron chi connectivity index (χ3n) is 3.66. The fraction of sp³-hybridized carbons (Fsp3) is 0.700. The number of hydrogen-bond donors (Lipinski definition) is 1. The zero-order valence-electron chi connectivity index (χ0n) is 7.57. The number of rotatable bonds is 1. The van der Waals surface area contributed by atoms with E-state index in [9.17, 15) is 0 Å². The molecule has 2 N–H and O–H groups in total. The van der Waals surface area contributed by atoms with Crippen LogP contribution in [0.3, 0.4) is 0 Å². The average molecular weight is 194 g/mol. The largest absolute Gasteiger partial charge is 0.375 e. The highest BCUT2D eigenvalue weighted by molar-refractivity contribution is 7.13. The number of nitrogens with zero attached hydrogens (tertiary/aromatic N) is 1. The molecule has 1 aromatic heterocycles. The lowest BCUT2D eigenvalue weighted by Gasteiger charge is -2.19. The van der Waals surface area contributed by atoms with Gasteiger partial charge in [0.05, 0.1) is 5.69 Å². The van der Waals surface area contributed by atoms with Crippen molar-refractivity contribution in [2.75, 3.05) is 5.73 Å². The number of aromatic nitrogens is 1. The van der Waals surface area contributed by atoms with Gasteiger partial charge < -0.3 is 5.73 Å². The lowest BCUT2D eigenvalue weighted by atomic mass is 9.87. The Morgan fingerprint density at radius 3 is 2.85 bits per heavy atom. The van der Waals surface area contributed by atoms with E-state index in [-0.39, 0.29) is 0 Å². The van der Waals surface area contributed by atoms with E-state index in [4.69, 9.17) is 5.73 Å². The number of nitrogen functional groups attached to an aromatic ring is 1. The summed E-state index contributed by atoms with van der Waals surface area (Å²) >= 11 is 1.59. The van der Waals surface area contributed by atoms with Crippen molar-refractivity contribution in [1.29, 1.82) is 0 Å². The van der Waals surface area contributed by atoms with E-state index in [2.05, 4.69) is 10.4 Å². The molecule has 2 aliphatic rings. The Morgan fingerprint density at radius 1 is 1.38 bits per heavy atom. The first kappa shape index (κ1) is 7.80. The third kappa shape index (κ3) is 1.17. The van der Waals surface area contributed by atoms with Crippen LogP contribution < -0.4 is 5.73 Å². The van der Waals surface area contributed by atoms with Crippen molar-refractivity contribution < 1.29 is 0 Å². The molecule has 2 saturated carbocycles. The molecule has 0 radical (unpaired) electrons. The summed E-state index contributed by atoms with van der Waals surface area (Å²) in [5.74, 6) is 2.66. The van der Waals surface area contributed by atoms with Gasteiger partial charge in [-0.1, -0.05) is 6.42 Å². The van der Waals surface area contributed by atoms with E-state index in [0.29, 0.717) is 0 Å². The Labute approximate surface area is 82.2 Å². The molecular formula is C10H14N2S.